The third-order valence-electron chi connectivity index (χ3n) is 5.98. The summed E-state index contributed by atoms with van der Waals surface area (Å²) in [5.74, 6) is 0.0357. The normalized spacial score (nSPS) is 20.1. The van der Waals surface area contributed by atoms with E-state index in [0.717, 1.165) is 16.7 Å². The molecule has 0 N–H and O–H groups in total. The van der Waals surface area contributed by atoms with Gasteiger partial charge in [-0.1, -0.05) is 46.5 Å². The van der Waals surface area contributed by atoms with Gasteiger partial charge in [0.2, 0.25) is 5.95 Å². The molecule has 0 spiro atoms. The van der Waals surface area contributed by atoms with Crippen molar-refractivity contribution >= 4 is 40.4 Å². The number of aromatic nitrogens is 2. The van der Waals surface area contributed by atoms with Gasteiger partial charge in [0.1, 0.15) is 5.69 Å². The second kappa shape index (κ2) is 8.26. The molecule has 2 heterocycles. The summed E-state index contributed by atoms with van der Waals surface area (Å²) in [4.78, 5) is 9.81. The van der Waals surface area contributed by atoms with Gasteiger partial charge in [0.05, 0.1) is 5.41 Å². The van der Waals surface area contributed by atoms with Gasteiger partial charge in [-0.2, -0.15) is 8.78 Å². The van der Waals surface area contributed by atoms with E-state index in [1.54, 1.807) is 26.3 Å². The number of hydrogen-bond acceptors (Lipinski definition) is 3. The first kappa shape index (κ1) is 23.8. The Labute approximate surface area is 187 Å². The van der Waals surface area contributed by atoms with Crippen LogP contribution >= 0.6 is 34.4 Å². The van der Waals surface area contributed by atoms with Gasteiger partial charge >= 0.3 is 5.66 Å². The SMILES string of the molecule is Cc1cc(C2(C(F)(F)P)CCN(c3ncc(CBr)c(C(F)(F)P)n3)C2)cc(C)c1C. The van der Waals surface area contributed by atoms with Crippen molar-refractivity contribution in [2.75, 3.05) is 18.0 Å². The molecule has 1 saturated heterocycles. The summed E-state index contributed by atoms with van der Waals surface area (Å²) in [6.07, 6.45) is 1.48. The molecule has 1 aliphatic heterocycles. The monoisotopic (exact) mass is 523 g/mol. The molecule has 0 amide bonds. The van der Waals surface area contributed by atoms with Crippen molar-refractivity contribution in [3.05, 3.63) is 51.8 Å². The van der Waals surface area contributed by atoms with E-state index < -0.39 is 22.4 Å². The van der Waals surface area contributed by atoms with E-state index in [-0.39, 0.29) is 36.4 Å². The molecule has 10 heteroatoms. The molecule has 1 aromatic carbocycles. The van der Waals surface area contributed by atoms with Crippen molar-refractivity contribution in [3.63, 3.8) is 0 Å². The quantitative estimate of drug-likeness (QED) is 0.280. The van der Waals surface area contributed by atoms with Gasteiger partial charge in [-0.15, -0.1) is 0 Å². The van der Waals surface area contributed by atoms with Crippen LogP contribution in [0.1, 0.15) is 39.9 Å². The van der Waals surface area contributed by atoms with Gasteiger partial charge in [-0.25, -0.2) is 18.7 Å². The minimum Gasteiger partial charge on any atom is -0.340 e. The van der Waals surface area contributed by atoms with Crippen molar-refractivity contribution in [3.8, 4) is 0 Å². The van der Waals surface area contributed by atoms with Crippen LogP contribution in [-0.2, 0) is 16.4 Å². The van der Waals surface area contributed by atoms with Crippen molar-refractivity contribution < 1.29 is 17.6 Å². The van der Waals surface area contributed by atoms with Gasteiger partial charge in [-0.05, 0) is 49.4 Å². The molecule has 1 aromatic heterocycles. The van der Waals surface area contributed by atoms with Crippen molar-refractivity contribution in [1.82, 2.24) is 9.97 Å². The van der Waals surface area contributed by atoms with Crippen LogP contribution in [0.15, 0.2) is 18.3 Å². The van der Waals surface area contributed by atoms with Gasteiger partial charge < -0.3 is 4.90 Å². The molecule has 3 nitrogen and oxygen atoms in total. The second-order valence-corrected chi connectivity index (χ2v) is 9.92. The van der Waals surface area contributed by atoms with Gasteiger partial charge in [0, 0.05) is 30.2 Å². The summed E-state index contributed by atoms with van der Waals surface area (Å²) in [7, 11) is 3.15. The molecule has 164 valence electrons. The first-order valence-corrected chi connectivity index (χ1v) is 11.7. The molecule has 3 unspecified atom stereocenters. The highest BCUT2D eigenvalue weighted by atomic mass is 79.9. The minimum absolute atomic E-state index is 0.0357. The molecule has 0 radical (unpaired) electrons. The number of halogens is 5. The maximum Gasteiger partial charge on any atom is 0.300 e. The average molecular weight is 524 g/mol. The standard InChI is InChI=1S/C20H24BrF4N3P2/c1-11-6-15(7-12(2)13(11)3)18(20(24,25)30)4-5-28(10-18)17-26-9-14(8-21)16(27-17)19(22,23)29/h6-7,9H,4-5,8,10,29-30H2,1-3H3. The topological polar surface area (TPSA) is 29.0 Å². The summed E-state index contributed by atoms with van der Waals surface area (Å²) >= 11 is 3.16. The maximum atomic E-state index is 15.0. The number of nitrogens with zero attached hydrogens (tertiary/aromatic N) is 3. The highest BCUT2D eigenvalue weighted by Gasteiger charge is 2.56. The smallest absolute Gasteiger partial charge is 0.300 e. The fraction of sp³-hybridized carbons (Fsp3) is 0.500. The third-order valence-corrected chi connectivity index (χ3v) is 7.41. The zero-order valence-electron chi connectivity index (χ0n) is 16.9. The maximum absolute atomic E-state index is 15.0. The Hall–Kier alpha value is -0.840. The van der Waals surface area contributed by atoms with Crippen molar-refractivity contribution in [2.24, 2.45) is 0 Å². The van der Waals surface area contributed by atoms with Crippen LogP contribution in [0.3, 0.4) is 0 Å². The Morgan fingerprint density at radius 2 is 1.73 bits per heavy atom. The minimum atomic E-state index is -3.24. The molecule has 0 saturated carbocycles. The van der Waals surface area contributed by atoms with Crippen LogP contribution < -0.4 is 4.90 Å². The Bertz CT molecular complexity index is 939. The Morgan fingerprint density at radius 1 is 1.13 bits per heavy atom. The molecular formula is C20H24BrF4N3P2. The van der Waals surface area contributed by atoms with E-state index in [2.05, 4.69) is 25.9 Å². The molecule has 3 atom stereocenters. The highest BCUT2D eigenvalue weighted by Crippen LogP contribution is 2.51. The number of alkyl halides is 5. The van der Waals surface area contributed by atoms with E-state index in [1.165, 1.54) is 15.4 Å². The Balaban J connectivity index is 2.05. The molecule has 0 aliphatic carbocycles. The van der Waals surface area contributed by atoms with E-state index >= 15 is 0 Å². The Morgan fingerprint density at radius 3 is 2.23 bits per heavy atom. The Kier molecular flexibility index (Phi) is 6.55. The lowest BCUT2D eigenvalue weighted by Crippen LogP contribution is -2.44. The first-order valence-electron chi connectivity index (χ1n) is 9.39. The van der Waals surface area contributed by atoms with Crippen LogP contribution in [0.2, 0.25) is 0 Å². The predicted molar refractivity (Wildman–Crippen MR) is 122 cm³/mol. The summed E-state index contributed by atoms with van der Waals surface area (Å²) in [6.45, 7) is 5.95. The van der Waals surface area contributed by atoms with Gasteiger partial charge in [-0.3, -0.25) is 0 Å². The third kappa shape index (κ3) is 4.25. The number of aryl methyl sites for hydroxylation is 2. The van der Waals surface area contributed by atoms with Crippen LogP contribution in [0.25, 0.3) is 0 Å². The lowest BCUT2D eigenvalue weighted by Gasteiger charge is -2.36. The summed E-state index contributed by atoms with van der Waals surface area (Å²) in [5.41, 5.74) is -4.50. The fourth-order valence-electron chi connectivity index (χ4n) is 3.93. The molecule has 2 aromatic rings. The molecular weight excluding hydrogens is 500 g/mol. The summed E-state index contributed by atoms with van der Waals surface area (Å²) < 4.78 is 58.0. The average Bonchev–Trinajstić information content (AvgIpc) is 3.11. The zero-order chi connectivity index (χ0) is 22.5. The lowest BCUT2D eigenvalue weighted by atomic mass is 9.77. The summed E-state index contributed by atoms with van der Waals surface area (Å²) in [6, 6.07) is 3.61. The van der Waals surface area contributed by atoms with Crippen molar-refractivity contribution in [2.45, 2.75) is 49.3 Å². The van der Waals surface area contributed by atoms with Crippen LogP contribution in [0.5, 0.6) is 0 Å². The second-order valence-electron chi connectivity index (χ2n) is 7.91. The van der Waals surface area contributed by atoms with Crippen LogP contribution in [0, 0.1) is 20.8 Å². The first-order chi connectivity index (χ1) is 13.8. The van der Waals surface area contributed by atoms with Crippen molar-refractivity contribution in [1.29, 1.82) is 0 Å². The molecule has 1 aliphatic rings. The molecule has 0 bridgehead atoms. The van der Waals surface area contributed by atoms with E-state index in [1.807, 2.05) is 20.8 Å². The predicted octanol–water partition coefficient (Wildman–Crippen LogP) is 5.84. The summed E-state index contributed by atoms with van der Waals surface area (Å²) in [5, 5.41) is 0.169. The largest absolute Gasteiger partial charge is 0.340 e. The van der Waals surface area contributed by atoms with E-state index in [9.17, 15) is 17.6 Å². The number of rotatable bonds is 5. The zero-order valence-corrected chi connectivity index (χ0v) is 20.8. The molecule has 1 fully saturated rings. The van der Waals surface area contributed by atoms with Crippen LogP contribution in [0.4, 0.5) is 23.5 Å². The molecule has 30 heavy (non-hydrogen) atoms. The van der Waals surface area contributed by atoms with Crippen LogP contribution in [-0.4, -0.2) is 28.7 Å². The van der Waals surface area contributed by atoms with E-state index in [4.69, 9.17) is 0 Å². The number of hydrogen-bond donors (Lipinski definition) is 0. The number of benzene rings is 1. The fourth-order valence-corrected chi connectivity index (χ4v) is 4.99. The van der Waals surface area contributed by atoms with Gasteiger partial charge in [0.25, 0.3) is 5.66 Å². The van der Waals surface area contributed by atoms with E-state index in [0.29, 0.717) is 5.56 Å². The molecule has 3 rings (SSSR count). The lowest BCUT2D eigenvalue weighted by molar-refractivity contribution is 0.0205. The number of anilines is 1. The van der Waals surface area contributed by atoms with Gasteiger partial charge in [0.15, 0.2) is 0 Å². The highest BCUT2D eigenvalue weighted by molar-refractivity contribution is 9.08.